The first-order valence-corrected chi connectivity index (χ1v) is 4.31. The molecule has 0 atom stereocenters. The van der Waals surface area contributed by atoms with Gasteiger partial charge >= 0.3 is 0 Å². The van der Waals surface area contributed by atoms with Crippen molar-refractivity contribution < 1.29 is 13.5 Å². The van der Waals surface area contributed by atoms with E-state index in [2.05, 4.69) is 10.2 Å². The molecule has 1 heterocycles. The van der Waals surface area contributed by atoms with Crippen LogP contribution in [0, 0.1) is 11.6 Å². The highest BCUT2D eigenvalue weighted by Crippen LogP contribution is 2.11. The predicted octanol–water partition coefficient (Wildman–Crippen LogP) is 2.27. The van der Waals surface area contributed by atoms with Crippen LogP contribution in [0.3, 0.4) is 0 Å². The van der Waals surface area contributed by atoms with E-state index in [9.17, 15) is 8.78 Å². The lowest BCUT2D eigenvalue weighted by Crippen LogP contribution is -1.97. The van der Waals surface area contributed by atoms with Gasteiger partial charge in [-0.2, -0.15) is 5.10 Å². The Balaban J connectivity index is 2.05. The van der Waals surface area contributed by atoms with Crippen LogP contribution in [0.25, 0.3) is 0 Å². The zero-order chi connectivity index (χ0) is 10.7. The van der Waals surface area contributed by atoms with Crippen molar-refractivity contribution in [3.8, 4) is 5.88 Å². The Morgan fingerprint density at radius 1 is 1.20 bits per heavy atom. The van der Waals surface area contributed by atoms with Gasteiger partial charge in [0.05, 0.1) is 6.20 Å². The van der Waals surface area contributed by atoms with Crippen LogP contribution in [0.5, 0.6) is 5.88 Å². The zero-order valence-electron chi connectivity index (χ0n) is 7.71. The molecule has 15 heavy (non-hydrogen) atoms. The molecule has 0 amide bonds. The minimum Gasteiger partial charge on any atom is -0.473 e. The maximum Gasteiger partial charge on any atom is 0.209 e. The summed E-state index contributed by atoms with van der Waals surface area (Å²) < 4.78 is 30.7. The second-order valence-corrected chi connectivity index (χ2v) is 2.99. The molecule has 0 aliphatic rings. The fourth-order valence-electron chi connectivity index (χ4n) is 1.18. The highest BCUT2D eigenvalue weighted by atomic mass is 19.1. The molecular formula is C10H8F2N2O. The van der Waals surface area contributed by atoms with Gasteiger partial charge in [-0.3, -0.25) is 0 Å². The Labute approximate surface area is 84.7 Å². The van der Waals surface area contributed by atoms with E-state index in [0.717, 1.165) is 6.07 Å². The average molecular weight is 210 g/mol. The summed E-state index contributed by atoms with van der Waals surface area (Å²) in [6.07, 6.45) is 1.53. The average Bonchev–Trinajstić information content (AvgIpc) is 2.65. The van der Waals surface area contributed by atoms with Gasteiger partial charge in [-0.1, -0.05) is 0 Å². The van der Waals surface area contributed by atoms with Crippen molar-refractivity contribution in [3.63, 3.8) is 0 Å². The number of rotatable bonds is 3. The molecule has 0 radical (unpaired) electrons. The Kier molecular flexibility index (Phi) is 2.62. The number of H-pyrrole nitrogens is 1. The molecule has 1 aromatic carbocycles. The minimum absolute atomic E-state index is 0.0941. The molecule has 0 aliphatic carbocycles. The minimum atomic E-state index is -0.613. The summed E-state index contributed by atoms with van der Waals surface area (Å²) in [4.78, 5) is 0. The van der Waals surface area contributed by atoms with Crippen molar-refractivity contribution >= 4 is 0 Å². The SMILES string of the molecule is Fc1cc(F)cc(COc2ccn[nH]2)c1. The number of nitrogens with one attached hydrogen (secondary N) is 1. The monoisotopic (exact) mass is 210 g/mol. The number of halogens is 2. The van der Waals surface area contributed by atoms with Crippen LogP contribution < -0.4 is 4.74 Å². The summed E-state index contributed by atoms with van der Waals surface area (Å²) in [5, 5.41) is 6.25. The van der Waals surface area contributed by atoms with E-state index in [-0.39, 0.29) is 6.61 Å². The molecule has 0 saturated heterocycles. The van der Waals surface area contributed by atoms with Crippen molar-refractivity contribution in [2.75, 3.05) is 0 Å². The molecule has 78 valence electrons. The van der Waals surface area contributed by atoms with Gasteiger partial charge in [-0.15, -0.1) is 0 Å². The molecule has 2 aromatic rings. The fraction of sp³-hybridized carbons (Fsp3) is 0.100. The summed E-state index contributed by atoms with van der Waals surface area (Å²) >= 11 is 0. The van der Waals surface area contributed by atoms with Gasteiger partial charge in [0.1, 0.15) is 18.2 Å². The summed E-state index contributed by atoms with van der Waals surface area (Å²) in [6, 6.07) is 4.88. The van der Waals surface area contributed by atoms with Crippen molar-refractivity contribution in [2.24, 2.45) is 0 Å². The lowest BCUT2D eigenvalue weighted by molar-refractivity contribution is 0.292. The maximum atomic E-state index is 12.8. The topological polar surface area (TPSA) is 37.9 Å². The zero-order valence-corrected chi connectivity index (χ0v) is 7.71. The molecule has 2 rings (SSSR count). The van der Waals surface area contributed by atoms with E-state index < -0.39 is 11.6 Å². The van der Waals surface area contributed by atoms with Crippen LogP contribution in [0.2, 0.25) is 0 Å². The van der Waals surface area contributed by atoms with Gasteiger partial charge < -0.3 is 4.74 Å². The summed E-state index contributed by atoms with van der Waals surface area (Å²) in [5.41, 5.74) is 0.433. The van der Waals surface area contributed by atoms with Crippen LogP contribution in [-0.4, -0.2) is 10.2 Å². The fourth-order valence-corrected chi connectivity index (χ4v) is 1.18. The Morgan fingerprint density at radius 2 is 1.93 bits per heavy atom. The molecule has 0 unspecified atom stereocenters. The number of aromatic nitrogens is 2. The number of hydrogen-bond acceptors (Lipinski definition) is 2. The molecule has 0 bridgehead atoms. The Hall–Kier alpha value is -1.91. The van der Waals surface area contributed by atoms with Gasteiger partial charge in [0.2, 0.25) is 5.88 Å². The first-order chi connectivity index (χ1) is 7.24. The number of hydrogen-bond donors (Lipinski definition) is 1. The quantitative estimate of drug-likeness (QED) is 0.843. The number of benzene rings is 1. The standard InChI is InChI=1S/C10H8F2N2O/c11-8-3-7(4-9(12)5-8)6-15-10-1-2-13-14-10/h1-5H,6H2,(H,13,14). The van der Waals surface area contributed by atoms with Gasteiger partial charge in [0.15, 0.2) is 0 Å². The second kappa shape index (κ2) is 4.08. The Morgan fingerprint density at radius 3 is 2.53 bits per heavy atom. The van der Waals surface area contributed by atoms with Gasteiger partial charge in [-0.25, -0.2) is 13.9 Å². The lowest BCUT2D eigenvalue weighted by Gasteiger charge is -2.03. The van der Waals surface area contributed by atoms with Crippen LogP contribution in [0.4, 0.5) is 8.78 Å². The normalized spacial score (nSPS) is 10.3. The molecule has 1 N–H and O–H groups in total. The molecular weight excluding hydrogens is 202 g/mol. The van der Waals surface area contributed by atoms with Crippen LogP contribution in [0.1, 0.15) is 5.56 Å². The second-order valence-electron chi connectivity index (χ2n) is 2.99. The van der Waals surface area contributed by atoms with Crippen LogP contribution in [0.15, 0.2) is 30.5 Å². The first-order valence-electron chi connectivity index (χ1n) is 4.31. The molecule has 5 heteroatoms. The van der Waals surface area contributed by atoms with Gasteiger partial charge in [0.25, 0.3) is 0 Å². The molecule has 0 spiro atoms. The van der Waals surface area contributed by atoms with Crippen molar-refractivity contribution in [1.29, 1.82) is 0 Å². The smallest absolute Gasteiger partial charge is 0.209 e. The van der Waals surface area contributed by atoms with E-state index in [1.807, 2.05) is 0 Å². The van der Waals surface area contributed by atoms with Crippen molar-refractivity contribution in [3.05, 3.63) is 47.7 Å². The van der Waals surface area contributed by atoms with Crippen molar-refractivity contribution in [2.45, 2.75) is 6.61 Å². The van der Waals surface area contributed by atoms with Crippen molar-refractivity contribution in [1.82, 2.24) is 10.2 Å². The summed E-state index contributed by atoms with van der Waals surface area (Å²) in [5.74, 6) is -0.768. The summed E-state index contributed by atoms with van der Waals surface area (Å²) in [7, 11) is 0. The maximum absolute atomic E-state index is 12.8. The summed E-state index contributed by atoms with van der Waals surface area (Å²) in [6.45, 7) is 0.0941. The molecule has 0 aliphatic heterocycles. The molecule has 0 saturated carbocycles. The largest absolute Gasteiger partial charge is 0.473 e. The molecule has 1 aromatic heterocycles. The van der Waals surface area contributed by atoms with Crippen LogP contribution in [-0.2, 0) is 6.61 Å². The third kappa shape index (κ3) is 2.52. The molecule has 0 fully saturated rings. The number of aromatic amines is 1. The third-order valence-electron chi connectivity index (χ3n) is 1.79. The first kappa shape index (κ1) is 9.64. The molecule has 3 nitrogen and oxygen atoms in total. The third-order valence-corrected chi connectivity index (χ3v) is 1.79. The van der Waals surface area contributed by atoms with E-state index in [1.165, 1.54) is 18.3 Å². The number of ether oxygens (including phenoxy) is 1. The Bertz CT molecular complexity index is 422. The van der Waals surface area contributed by atoms with Gasteiger partial charge in [-0.05, 0) is 17.7 Å². The highest BCUT2D eigenvalue weighted by Gasteiger charge is 2.01. The van der Waals surface area contributed by atoms with Gasteiger partial charge in [0, 0.05) is 12.1 Å². The van der Waals surface area contributed by atoms with E-state index in [1.54, 1.807) is 6.07 Å². The van der Waals surface area contributed by atoms with E-state index in [4.69, 9.17) is 4.74 Å². The highest BCUT2D eigenvalue weighted by molar-refractivity contribution is 5.18. The van der Waals surface area contributed by atoms with Crippen LogP contribution >= 0.6 is 0 Å². The lowest BCUT2D eigenvalue weighted by atomic mass is 10.2. The van der Waals surface area contributed by atoms with E-state index >= 15 is 0 Å². The number of nitrogens with zero attached hydrogens (tertiary/aromatic N) is 1. The van der Waals surface area contributed by atoms with E-state index in [0.29, 0.717) is 11.4 Å². The predicted molar refractivity (Wildman–Crippen MR) is 49.3 cm³/mol.